The second-order valence-corrected chi connectivity index (χ2v) is 4.10. The van der Waals surface area contributed by atoms with Gasteiger partial charge in [-0.1, -0.05) is 0 Å². The van der Waals surface area contributed by atoms with Gasteiger partial charge < -0.3 is 14.6 Å². The van der Waals surface area contributed by atoms with Crippen LogP contribution >= 0.6 is 0 Å². The molecule has 0 saturated heterocycles. The quantitative estimate of drug-likeness (QED) is 0.729. The van der Waals surface area contributed by atoms with Crippen LogP contribution in [0.5, 0.6) is 0 Å². The van der Waals surface area contributed by atoms with Gasteiger partial charge in [-0.05, 0) is 25.3 Å². The Labute approximate surface area is 90.6 Å². The second-order valence-electron chi connectivity index (χ2n) is 4.10. The summed E-state index contributed by atoms with van der Waals surface area (Å²) in [6, 6.07) is 0. The average Bonchev–Trinajstić information content (AvgIpc) is 2.95. The van der Waals surface area contributed by atoms with Gasteiger partial charge in [-0.15, -0.1) is 0 Å². The van der Waals surface area contributed by atoms with E-state index in [1.165, 1.54) is 12.8 Å². The molecule has 0 bridgehead atoms. The maximum Gasteiger partial charge on any atom is 0.122 e. The lowest BCUT2D eigenvalue weighted by Gasteiger charge is -2.07. The van der Waals surface area contributed by atoms with E-state index in [2.05, 4.69) is 14.9 Å². The number of ether oxygens (including phenoxy) is 1. The monoisotopic (exact) mass is 209 g/mol. The van der Waals surface area contributed by atoms with Crippen LogP contribution in [0.25, 0.3) is 0 Å². The normalized spacial score (nSPS) is 15.8. The molecule has 1 heterocycles. The van der Waals surface area contributed by atoms with Crippen LogP contribution in [0.1, 0.15) is 18.7 Å². The van der Waals surface area contributed by atoms with Crippen molar-refractivity contribution < 1.29 is 4.74 Å². The lowest BCUT2D eigenvalue weighted by molar-refractivity contribution is 0.186. The van der Waals surface area contributed by atoms with E-state index in [-0.39, 0.29) is 0 Å². The molecule has 1 aromatic rings. The van der Waals surface area contributed by atoms with Crippen LogP contribution in [0.3, 0.4) is 0 Å². The van der Waals surface area contributed by atoms with Crippen LogP contribution in [-0.2, 0) is 17.8 Å². The second kappa shape index (κ2) is 5.28. The van der Waals surface area contributed by atoms with Crippen molar-refractivity contribution in [3.63, 3.8) is 0 Å². The van der Waals surface area contributed by atoms with Gasteiger partial charge in [0.05, 0.1) is 13.2 Å². The largest absolute Gasteiger partial charge is 0.383 e. The van der Waals surface area contributed by atoms with E-state index in [4.69, 9.17) is 4.74 Å². The van der Waals surface area contributed by atoms with Crippen LogP contribution in [0.2, 0.25) is 0 Å². The Kier molecular flexibility index (Phi) is 3.75. The zero-order valence-electron chi connectivity index (χ0n) is 9.28. The maximum absolute atomic E-state index is 5.05. The molecule has 4 nitrogen and oxygen atoms in total. The van der Waals surface area contributed by atoms with Crippen molar-refractivity contribution in [2.75, 3.05) is 20.3 Å². The molecule has 0 unspecified atom stereocenters. The van der Waals surface area contributed by atoms with Crippen molar-refractivity contribution in [2.24, 2.45) is 5.92 Å². The number of hydrogen-bond donors (Lipinski definition) is 1. The van der Waals surface area contributed by atoms with E-state index in [1.54, 1.807) is 7.11 Å². The molecule has 1 aliphatic rings. The topological polar surface area (TPSA) is 39.1 Å². The Bertz CT molecular complexity index is 294. The van der Waals surface area contributed by atoms with Crippen molar-refractivity contribution in [1.82, 2.24) is 14.9 Å². The van der Waals surface area contributed by atoms with Crippen molar-refractivity contribution in [3.05, 3.63) is 18.2 Å². The summed E-state index contributed by atoms with van der Waals surface area (Å²) in [7, 11) is 1.72. The predicted octanol–water partition coefficient (Wildman–Crippen LogP) is 1.03. The Balaban J connectivity index is 1.75. The van der Waals surface area contributed by atoms with Crippen LogP contribution < -0.4 is 5.32 Å². The predicted molar refractivity (Wildman–Crippen MR) is 58.5 cm³/mol. The molecular weight excluding hydrogens is 190 g/mol. The van der Waals surface area contributed by atoms with Gasteiger partial charge in [0, 0.05) is 26.0 Å². The van der Waals surface area contributed by atoms with E-state index in [9.17, 15) is 0 Å². The first-order valence-corrected chi connectivity index (χ1v) is 5.60. The van der Waals surface area contributed by atoms with Crippen molar-refractivity contribution in [1.29, 1.82) is 0 Å². The molecule has 2 rings (SSSR count). The summed E-state index contributed by atoms with van der Waals surface area (Å²) in [5.41, 5.74) is 0. The summed E-state index contributed by atoms with van der Waals surface area (Å²) >= 11 is 0. The number of aromatic nitrogens is 2. The third-order valence-corrected chi connectivity index (χ3v) is 2.75. The summed E-state index contributed by atoms with van der Waals surface area (Å²) in [5.74, 6) is 2.03. The average molecular weight is 209 g/mol. The summed E-state index contributed by atoms with van der Waals surface area (Å²) in [6.07, 6.45) is 6.65. The van der Waals surface area contributed by atoms with E-state index in [1.807, 2.05) is 12.4 Å². The molecule has 0 radical (unpaired) electrons. The number of hydrogen-bond acceptors (Lipinski definition) is 3. The highest BCUT2D eigenvalue weighted by molar-refractivity contribution is 4.92. The van der Waals surface area contributed by atoms with E-state index in [0.29, 0.717) is 0 Å². The van der Waals surface area contributed by atoms with Crippen LogP contribution in [0.4, 0.5) is 0 Å². The van der Waals surface area contributed by atoms with Gasteiger partial charge in [-0.25, -0.2) is 4.98 Å². The minimum Gasteiger partial charge on any atom is -0.383 e. The maximum atomic E-state index is 5.05. The summed E-state index contributed by atoms with van der Waals surface area (Å²) in [6.45, 7) is 3.63. The van der Waals surface area contributed by atoms with Crippen molar-refractivity contribution in [2.45, 2.75) is 25.9 Å². The van der Waals surface area contributed by atoms with Gasteiger partial charge in [0.1, 0.15) is 5.82 Å². The zero-order chi connectivity index (χ0) is 10.5. The fourth-order valence-electron chi connectivity index (χ4n) is 1.61. The molecule has 15 heavy (non-hydrogen) atoms. The van der Waals surface area contributed by atoms with Gasteiger partial charge in [0.2, 0.25) is 0 Å². The molecule has 0 amide bonds. The van der Waals surface area contributed by atoms with Crippen LogP contribution in [0.15, 0.2) is 12.4 Å². The number of rotatable bonds is 7. The first-order valence-electron chi connectivity index (χ1n) is 5.60. The van der Waals surface area contributed by atoms with E-state index in [0.717, 1.165) is 38.0 Å². The standard InChI is InChI=1S/C11H19N3O/c1-15-7-6-14-5-4-13-11(14)9-12-8-10-2-3-10/h4-5,10,12H,2-3,6-9H2,1H3. The first-order chi connectivity index (χ1) is 7.40. The fraction of sp³-hybridized carbons (Fsp3) is 0.727. The molecule has 1 aromatic heterocycles. The van der Waals surface area contributed by atoms with Gasteiger partial charge in [0.25, 0.3) is 0 Å². The number of imidazole rings is 1. The molecule has 0 aromatic carbocycles. The van der Waals surface area contributed by atoms with Crippen molar-refractivity contribution in [3.8, 4) is 0 Å². The van der Waals surface area contributed by atoms with Gasteiger partial charge in [0.15, 0.2) is 0 Å². The zero-order valence-corrected chi connectivity index (χ0v) is 9.28. The first kappa shape index (κ1) is 10.6. The summed E-state index contributed by atoms with van der Waals surface area (Å²) in [5, 5.41) is 3.44. The highest BCUT2D eigenvalue weighted by Gasteiger charge is 2.20. The van der Waals surface area contributed by atoms with E-state index < -0.39 is 0 Å². The molecule has 84 valence electrons. The van der Waals surface area contributed by atoms with Crippen LogP contribution in [0, 0.1) is 5.92 Å². The Hall–Kier alpha value is -0.870. The highest BCUT2D eigenvalue weighted by atomic mass is 16.5. The summed E-state index contributed by atoms with van der Waals surface area (Å²) < 4.78 is 7.20. The Morgan fingerprint density at radius 3 is 3.20 bits per heavy atom. The van der Waals surface area contributed by atoms with Gasteiger partial charge in [-0.3, -0.25) is 0 Å². The molecule has 4 heteroatoms. The van der Waals surface area contributed by atoms with Gasteiger partial charge in [-0.2, -0.15) is 0 Å². The smallest absolute Gasteiger partial charge is 0.122 e. The summed E-state index contributed by atoms with van der Waals surface area (Å²) in [4.78, 5) is 4.33. The molecular formula is C11H19N3O. The molecule has 1 fully saturated rings. The minimum atomic E-state index is 0.742. The Morgan fingerprint density at radius 2 is 2.47 bits per heavy atom. The molecule has 1 N–H and O–H groups in total. The SMILES string of the molecule is COCCn1ccnc1CNCC1CC1. The molecule has 1 saturated carbocycles. The molecule has 0 atom stereocenters. The number of nitrogens with one attached hydrogen (secondary N) is 1. The Morgan fingerprint density at radius 1 is 1.60 bits per heavy atom. The third-order valence-electron chi connectivity index (χ3n) is 2.75. The van der Waals surface area contributed by atoms with Gasteiger partial charge >= 0.3 is 0 Å². The highest BCUT2D eigenvalue weighted by Crippen LogP contribution is 2.27. The minimum absolute atomic E-state index is 0.742. The van der Waals surface area contributed by atoms with Crippen molar-refractivity contribution >= 4 is 0 Å². The third kappa shape index (κ3) is 3.32. The molecule has 0 aliphatic heterocycles. The fourth-order valence-corrected chi connectivity index (χ4v) is 1.61. The lowest BCUT2D eigenvalue weighted by Crippen LogP contribution is -2.20. The van der Waals surface area contributed by atoms with Crippen LogP contribution in [-0.4, -0.2) is 29.8 Å². The lowest BCUT2D eigenvalue weighted by atomic mass is 10.4. The van der Waals surface area contributed by atoms with E-state index >= 15 is 0 Å². The number of methoxy groups -OCH3 is 1. The molecule has 1 aliphatic carbocycles. The molecule has 0 spiro atoms. The number of nitrogens with zero attached hydrogens (tertiary/aromatic N) is 2.